The summed E-state index contributed by atoms with van der Waals surface area (Å²) in [7, 11) is -3.90. The van der Waals surface area contributed by atoms with Crippen molar-refractivity contribution in [2.24, 2.45) is 5.92 Å². The topological polar surface area (TPSA) is 107 Å². The van der Waals surface area contributed by atoms with Gasteiger partial charge in [0.1, 0.15) is 11.9 Å². The Morgan fingerprint density at radius 3 is 2.75 bits per heavy atom. The zero-order valence-electron chi connectivity index (χ0n) is 10.6. The van der Waals surface area contributed by atoms with Gasteiger partial charge in [0.05, 0.1) is 10.5 Å². The summed E-state index contributed by atoms with van der Waals surface area (Å²) in [4.78, 5) is 10.2. The van der Waals surface area contributed by atoms with Crippen LogP contribution in [0.3, 0.4) is 0 Å². The summed E-state index contributed by atoms with van der Waals surface area (Å²) in [6.45, 7) is 1.52. The van der Waals surface area contributed by atoms with Gasteiger partial charge in [-0.3, -0.25) is 4.79 Å². The molecule has 1 aromatic rings. The Morgan fingerprint density at radius 2 is 2.20 bits per heavy atom. The largest absolute Gasteiger partial charge is 0.481 e. The van der Waals surface area contributed by atoms with Crippen LogP contribution in [0.25, 0.3) is 0 Å². The number of hydrogen-bond donors (Lipinski definition) is 2. The van der Waals surface area contributed by atoms with Crippen molar-refractivity contribution in [1.82, 2.24) is 4.72 Å². The summed E-state index contributed by atoms with van der Waals surface area (Å²) in [5, 5.41) is 17.2. The molecule has 0 aliphatic heterocycles. The lowest BCUT2D eigenvalue weighted by molar-refractivity contribution is -0.137. The Bertz CT molecular complexity index is 652. The Hall–Kier alpha value is -1.98. The van der Waals surface area contributed by atoms with Gasteiger partial charge in [-0.05, 0) is 24.1 Å². The fourth-order valence-corrected chi connectivity index (χ4v) is 2.65. The molecule has 0 aliphatic carbocycles. The third kappa shape index (κ3) is 4.29. The number of nitriles is 1. The van der Waals surface area contributed by atoms with Gasteiger partial charge >= 0.3 is 5.97 Å². The standard InChI is InChI=1S/C12H13FN2O4S/c1-8(4-12(16)17)7-15-20(18,19)10-2-3-11(13)9(5-10)6-14/h2-3,5,8,15H,4,7H2,1H3,(H,16,17). The summed E-state index contributed by atoms with van der Waals surface area (Å²) in [5.74, 6) is -2.21. The Morgan fingerprint density at radius 1 is 1.55 bits per heavy atom. The van der Waals surface area contributed by atoms with E-state index < -0.39 is 27.7 Å². The zero-order chi connectivity index (χ0) is 15.3. The minimum Gasteiger partial charge on any atom is -0.481 e. The van der Waals surface area contributed by atoms with Gasteiger partial charge in [0.2, 0.25) is 10.0 Å². The van der Waals surface area contributed by atoms with Crippen LogP contribution < -0.4 is 4.72 Å². The van der Waals surface area contributed by atoms with Crippen molar-refractivity contribution >= 4 is 16.0 Å². The van der Waals surface area contributed by atoms with Crippen molar-refractivity contribution in [2.75, 3.05) is 6.54 Å². The van der Waals surface area contributed by atoms with E-state index in [-0.39, 0.29) is 23.4 Å². The van der Waals surface area contributed by atoms with E-state index in [1.807, 2.05) is 0 Å². The summed E-state index contributed by atoms with van der Waals surface area (Å²) in [6.07, 6.45) is -0.171. The first-order chi connectivity index (χ1) is 9.26. The highest BCUT2D eigenvalue weighted by Gasteiger charge is 2.18. The second-order valence-corrected chi connectivity index (χ2v) is 6.08. The van der Waals surface area contributed by atoms with Crippen molar-refractivity contribution in [1.29, 1.82) is 5.26 Å². The van der Waals surface area contributed by atoms with E-state index in [1.54, 1.807) is 13.0 Å². The van der Waals surface area contributed by atoms with Gasteiger partial charge in [0.15, 0.2) is 0 Å². The van der Waals surface area contributed by atoms with Crippen molar-refractivity contribution in [3.05, 3.63) is 29.6 Å². The Kier molecular flexibility index (Phi) is 5.19. The zero-order valence-corrected chi connectivity index (χ0v) is 11.4. The van der Waals surface area contributed by atoms with Crippen molar-refractivity contribution in [3.8, 4) is 6.07 Å². The molecule has 20 heavy (non-hydrogen) atoms. The van der Waals surface area contributed by atoms with Crippen molar-refractivity contribution < 1.29 is 22.7 Å². The number of nitrogens with zero attached hydrogens (tertiary/aromatic N) is 1. The molecule has 1 aromatic carbocycles. The number of sulfonamides is 1. The maximum atomic E-state index is 13.1. The van der Waals surface area contributed by atoms with E-state index in [9.17, 15) is 17.6 Å². The highest BCUT2D eigenvalue weighted by atomic mass is 32.2. The van der Waals surface area contributed by atoms with Gasteiger partial charge in [-0.2, -0.15) is 5.26 Å². The first-order valence-corrected chi connectivity index (χ1v) is 7.15. The summed E-state index contributed by atoms with van der Waals surface area (Å²) >= 11 is 0. The monoisotopic (exact) mass is 300 g/mol. The minimum absolute atomic E-state index is 0.0616. The smallest absolute Gasteiger partial charge is 0.303 e. The molecule has 0 aliphatic rings. The molecule has 6 nitrogen and oxygen atoms in total. The maximum Gasteiger partial charge on any atom is 0.303 e. The molecular weight excluding hydrogens is 287 g/mol. The van der Waals surface area contributed by atoms with Crippen LogP contribution in [0.15, 0.2) is 23.1 Å². The van der Waals surface area contributed by atoms with Gasteiger partial charge in [-0.1, -0.05) is 6.92 Å². The lowest BCUT2D eigenvalue weighted by atomic mass is 10.1. The average molecular weight is 300 g/mol. The van der Waals surface area contributed by atoms with Crippen LogP contribution in [0.1, 0.15) is 18.9 Å². The van der Waals surface area contributed by atoms with Crippen molar-refractivity contribution in [3.63, 3.8) is 0 Å². The normalized spacial score (nSPS) is 12.7. The van der Waals surface area contributed by atoms with Crippen LogP contribution in [0, 0.1) is 23.1 Å². The molecule has 0 amide bonds. The molecule has 0 spiro atoms. The number of carbonyl (C=O) groups is 1. The van der Waals surface area contributed by atoms with E-state index in [0.717, 1.165) is 18.2 Å². The first-order valence-electron chi connectivity index (χ1n) is 5.67. The van der Waals surface area contributed by atoms with Gasteiger partial charge in [0, 0.05) is 13.0 Å². The number of nitrogens with one attached hydrogen (secondary N) is 1. The third-order valence-electron chi connectivity index (χ3n) is 2.51. The van der Waals surface area contributed by atoms with Gasteiger partial charge in [0.25, 0.3) is 0 Å². The molecule has 1 rings (SSSR count). The summed E-state index contributed by atoms with van der Waals surface area (Å²) < 4.78 is 39.2. The summed E-state index contributed by atoms with van der Waals surface area (Å²) in [6, 6.07) is 4.42. The van der Waals surface area contributed by atoms with Crippen LogP contribution in [-0.2, 0) is 14.8 Å². The lowest BCUT2D eigenvalue weighted by Crippen LogP contribution is -2.29. The SMILES string of the molecule is CC(CNS(=O)(=O)c1ccc(F)c(C#N)c1)CC(=O)O. The Balaban J connectivity index is 2.84. The highest BCUT2D eigenvalue weighted by Crippen LogP contribution is 2.14. The molecule has 108 valence electrons. The molecule has 0 saturated carbocycles. The molecule has 2 N–H and O–H groups in total. The minimum atomic E-state index is -3.90. The average Bonchev–Trinajstić information content (AvgIpc) is 2.36. The van der Waals surface area contributed by atoms with Crippen LogP contribution in [0.5, 0.6) is 0 Å². The quantitative estimate of drug-likeness (QED) is 0.817. The Labute approximate surface area is 115 Å². The second-order valence-electron chi connectivity index (χ2n) is 4.31. The molecule has 0 radical (unpaired) electrons. The number of rotatable bonds is 6. The number of halogens is 1. The molecule has 0 heterocycles. The first kappa shape index (κ1) is 16.1. The van der Waals surface area contributed by atoms with Gasteiger partial charge in [-0.15, -0.1) is 0 Å². The molecule has 1 unspecified atom stereocenters. The van der Waals surface area contributed by atoms with Crippen LogP contribution in [0.2, 0.25) is 0 Å². The molecule has 8 heteroatoms. The molecule has 0 aromatic heterocycles. The maximum absolute atomic E-state index is 13.1. The van der Waals surface area contributed by atoms with E-state index in [2.05, 4.69) is 4.72 Å². The number of aliphatic carboxylic acids is 1. The molecule has 0 bridgehead atoms. The van der Waals surface area contributed by atoms with E-state index in [4.69, 9.17) is 10.4 Å². The predicted octanol–water partition coefficient (Wildman–Crippen LogP) is 1.09. The fourth-order valence-electron chi connectivity index (χ4n) is 1.46. The van der Waals surface area contributed by atoms with Crippen molar-refractivity contribution in [2.45, 2.75) is 18.2 Å². The third-order valence-corrected chi connectivity index (χ3v) is 3.93. The molecule has 1 atom stereocenters. The highest BCUT2D eigenvalue weighted by molar-refractivity contribution is 7.89. The molecule has 0 fully saturated rings. The lowest BCUT2D eigenvalue weighted by Gasteiger charge is -2.11. The molecular formula is C12H13FN2O4S. The number of carboxylic acid groups (broad SMARTS) is 1. The fraction of sp³-hybridized carbons (Fsp3) is 0.333. The number of benzene rings is 1. The van der Waals surface area contributed by atoms with E-state index in [0.29, 0.717) is 0 Å². The summed E-state index contributed by atoms with van der Waals surface area (Å²) in [5.41, 5.74) is -0.369. The van der Waals surface area contributed by atoms with E-state index in [1.165, 1.54) is 0 Å². The van der Waals surface area contributed by atoms with Crippen LogP contribution >= 0.6 is 0 Å². The second kappa shape index (κ2) is 6.45. The predicted molar refractivity (Wildman–Crippen MR) is 67.7 cm³/mol. The van der Waals surface area contributed by atoms with E-state index >= 15 is 0 Å². The van der Waals surface area contributed by atoms with Gasteiger partial charge in [-0.25, -0.2) is 17.5 Å². The van der Waals surface area contributed by atoms with Crippen LogP contribution in [-0.4, -0.2) is 26.0 Å². The number of carboxylic acids is 1. The molecule has 0 saturated heterocycles. The van der Waals surface area contributed by atoms with Crippen LogP contribution in [0.4, 0.5) is 4.39 Å². The number of hydrogen-bond acceptors (Lipinski definition) is 4. The van der Waals surface area contributed by atoms with Gasteiger partial charge < -0.3 is 5.11 Å².